The minimum atomic E-state index is 0.100. The lowest BCUT2D eigenvalue weighted by Gasteiger charge is -2.29. The first kappa shape index (κ1) is 16.2. The normalized spacial score (nSPS) is 21.3. The van der Waals surface area contributed by atoms with E-state index in [4.69, 9.17) is 0 Å². The number of nitrogens with one attached hydrogen (secondary N) is 1. The summed E-state index contributed by atoms with van der Waals surface area (Å²) in [5.74, 6) is 1.08. The highest BCUT2D eigenvalue weighted by Crippen LogP contribution is 2.25. The number of rotatable bonds is 4. The number of aromatic nitrogens is 2. The molecule has 1 N–H and O–H groups in total. The van der Waals surface area contributed by atoms with Crippen molar-refractivity contribution in [3.8, 4) is 0 Å². The van der Waals surface area contributed by atoms with Gasteiger partial charge in [-0.1, -0.05) is 43.7 Å². The van der Waals surface area contributed by atoms with Crippen LogP contribution in [-0.4, -0.2) is 27.7 Å². The van der Waals surface area contributed by atoms with Crippen LogP contribution in [0.3, 0.4) is 0 Å². The zero-order valence-electron chi connectivity index (χ0n) is 13.7. The largest absolute Gasteiger partial charge is 0.352 e. The van der Waals surface area contributed by atoms with Crippen molar-refractivity contribution >= 4 is 28.7 Å². The van der Waals surface area contributed by atoms with E-state index >= 15 is 0 Å². The molecule has 1 amide bonds. The number of benzene rings is 1. The van der Waals surface area contributed by atoms with Crippen LogP contribution in [0.1, 0.15) is 38.3 Å². The lowest BCUT2D eigenvalue weighted by molar-refractivity contribution is -0.119. The molecular weight excluding hydrogens is 306 g/mol. The first-order valence-electron chi connectivity index (χ1n) is 8.29. The Balaban J connectivity index is 1.61. The van der Waals surface area contributed by atoms with Crippen molar-refractivity contribution < 1.29 is 4.79 Å². The maximum Gasteiger partial charge on any atom is 0.230 e. The Bertz CT molecular complexity index is 704. The molecule has 0 bridgehead atoms. The van der Waals surface area contributed by atoms with Gasteiger partial charge in [-0.15, -0.1) is 0 Å². The predicted octanol–water partition coefficient (Wildman–Crippen LogP) is 3.73. The highest BCUT2D eigenvalue weighted by molar-refractivity contribution is 7.99. The quantitative estimate of drug-likeness (QED) is 0.869. The molecule has 1 aliphatic rings. The Morgan fingerprint density at radius 1 is 1.22 bits per heavy atom. The number of fused-ring (bicyclic) bond motifs is 1. The number of aryl methyl sites for hydroxylation is 1. The van der Waals surface area contributed by atoms with Crippen LogP contribution in [-0.2, 0) is 4.79 Å². The third-order valence-electron chi connectivity index (χ3n) is 4.50. The molecule has 1 fully saturated rings. The Hall–Kier alpha value is -1.62. The summed E-state index contributed by atoms with van der Waals surface area (Å²) in [6, 6.07) is 8.16. The summed E-state index contributed by atoms with van der Waals surface area (Å²) in [7, 11) is 0. The maximum atomic E-state index is 12.2. The molecule has 122 valence electrons. The first-order valence-corrected chi connectivity index (χ1v) is 9.27. The van der Waals surface area contributed by atoms with Gasteiger partial charge in [0.2, 0.25) is 5.91 Å². The standard InChI is InChI=1S/C18H23N3OS/c1-12-7-3-4-8-14(12)20-17(22)11-23-18-13(2)19-15-9-5-6-10-16(15)21-18/h5-6,9-10,12,14H,3-4,7-8,11H2,1-2H3,(H,20,22)/t12-,14+/m1/s1. The van der Waals surface area contributed by atoms with Gasteiger partial charge < -0.3 is 5.32 Å². The highest BCUT2D eigenvalue weighted by Gasteiger charge is 2.22. The second-order valence-corrected chi connectivity index (χ2v) is 7.29. The monoisotopic (exact) mass is 329 g/mol. The van der Waals surface area contributed by atoms with Gasteiger partial charge in [0.25, 0.3) is 0 Å². The van der Waals surface area contributed by atoms with E-state index in [0.29, 0.717) is 17.7 Å². The van der Waals surface area contributed by atoms with Crippen molar-refractivity contribution in [1.29, 1.82) is 0 Å². The number of amides is 1. The number of carbonyl (C=O) groups is 1. The van der Waals surface area contributed by atoms with Gasteiger partial charge in [-0.05, 0) is 37.8 Å². The highest BCUT2D eigenvalue weighted by atomic mass is 32.2. The van der Waals surface area contributed by atoms with E-state index in [1.807, 2.05) is 31.2 Å². The van der Waals surface area contributed by atoms with Gasteiger partial charge in [0.1, 0.15) is 5.03 Å². The molecule has 1 aromatic heterocycles. The van der Waals surface area contributed by atoms with Crippen LogP contribution in [0, 0.1) is 12.8 Å². The minimum absolute atomic E-state index is 0.100. The molecule has 1 saturated carbocycles. The number of para-hydroxylation sites is 2. The minimum Gasteiger partial charge on any atom is -0.352 e. The van der Waals surface area contributed by atoms with E-state index in [1.54, 1.807) is 0 Å². The van der Waals surface area contributed by atoms with E-state index in [2.05, 4.69) is 22.2 Å². The fourth-order valence-corrected chi connectivity index (χ4v) is 3.89. The van der Waals surface area contributed by atoms with Crippen molar-refractivity contribution in [2.24, 2.45) is 5.92 Å². The van der Waals surface area contributed by atoms with Gasteiger partial charge in [-0.3, -0.25) is 4.79 Å². The van der Waals surface area contributed by atoms with Gasteiger partial charge in [0.15, 0.2) is 0 Å². The summed E-state index contributed by atoms with van der Waals surface area (Å²) >= 11 is 1.47. The second-order valence-electron chi connectivity index (χ2n) is 6.33. The predicted molar refractivity (Wildman–Crippen MR) is 94.6 cm³/mol. The molecule has 0 spiro atoms. The number of hydrogen-bond donors (Lipinski definition) is 1. The topological polar surface area (TPSA) is 54.9 Å². The Labute approximate surface area is 141 Å². The van der Waals surface area contributed by atoms with Crippen molar-refractivity contribution in [3.63, 3.8) is 0 Å². The number of nitrogens with zero attached hydrogens (tertiary/aromatic N) is 2. The van der Waals surface area contributed by atoms with E-state index in [1.165, 1.54) is 31.0 Å². The fraction of sp³-hybridized carbons (Fsp3) is 0.500. The molecule has 1 heterocycles. The fourth-order valence-electron chi connectivity index (χ4n) is 3.12. The molecule has 2 atom stereocenters. The Kier molecular flexibility index (Phi) is 5.16. The maximum absolute atomic E-state index is 12.2. The van der Waals surface area contributed by atoms with Crippen molar-refractivity contribution in [2.45, 2.75) is 50.6 Å². The Morgan fingerprint density at radius 3 is 2.65 bits per heavy atom. The molecule has 0 aliphatic heterocycles. The van der Waals surface area contributed by atoms with Crippen LogP contribution in [0.2, 0.25) is 0 Å². The summed E-state index contributed by atoms with van der Waals surface area (Å²) < 4.78 is 0. The van der Waals surface area contributed by atoms with E-state index in [9.17, 15) is 4.79 Å². The molecule has 1 aliphatic carbocycles. The molecule has 3 rings (SSSR count). The summed E-state index contributed by atoms with van der Waals surface area (Å²) in [4.78, 5) is 21.4. The lowest BCUT2D eigenvalue weighted by atomic mass is 9.86. The van der Waals surface area contributed by atoms with Crippen molar-refractivity contribution in [2.75, 3.05) is 5.75 Å². The van der Waals surface area contributed by atoms with Crippen molar-refractivity contribution in [1.82, 2.24) is 15.3 Å². The Morgan fingerprint density at radius 2 is 1.91 bits per heavy atom. The number of carbonyl (C=O) groups excluding carboxylic acids is 1. The first-order chi connectivity index (χ1) is 11.1. The lowest BCUT2D eigenvalue weighted by Crippen LogP contribution is -2.41. The number of hydrogen-bond acceptors (Lipinski definition) is 4. The summed E-state index contributed by atoms with van der Waals surface area (Å²) in [5.41, 5.74) is 2.66. The van der Waals surface area contributed by atoms with Gasteiger partial charge in [0.05, 0.1) is 22.5 Å². The van der Waals surface area contributed by atoms with Crippen LogP contribution >= 0.6 is 11.8 Å². The molecule has 0 saturated heterocycles. The van der Waals surface area contributed by atoms with Crippen LogP contribution < -0.4 is 5.32 Å². The van der Waals surface area contributed by atoms with Crippen LogP contribution in [0.25, 0.3) is 11.0 Å². The summed E-state index contributed by atoms with van der Waals surface area (Å²) in [6.07, 6.45) is 4.82. The van der Waals surface area contributed by atoms with Gasteiger partial charge in [0, 0.05) is 6.04 Å². The van der Waals surface area contributed by atoms with E-state index < -0.39 is 0 Å². The van der Waals surface area contributed by atoms with Crippen LogP contribution in [0.15, 0.2) is 29.3 Å². The van der Waals surface area contributed by atoms with Gasteiger partial charge in [-0.2, -0.15) is 0 Å². The average molecular weight is 329 g/mol. The van der Waals surface area contributed by atoms with Crippen LogP contribution in [0.4, 0.5) is 0 Å². The van der Waals surface area contributed by atoms with Crippen molar-refractivity contribution in [3.05, 3.63) is 30.0 Å². The molecule has 1 aromatic carbocycles. The zero-order valence-corrected chi connectivity index (χ0v) is 14.5. The SMILES string of the molecule is Cc1nc2ccccc2nc1SCC(=O)N[C@H]1CCCC[C@H]1C. The smallest absolute Gasteiger partial charge is 0.230 e. The van der Waals surface area contributed by atoms with Gasteiger partial charge >= 0.3 is 0 Å². The molecule has 4 nitrogen and oxygen atoms in total. The molecular formula is C18H23N3OS. The molecule has 5 heteroatoms. The van der Waals surface area contributed by atoms with E-state index in [-0.39, 0.29) is 5.91 Å². The zero-order chi connectivity index (χ0) is 16.2. The third-order valence-corrected chi connectivity index (χ3v) is 5.57. The van der Waals surface area contributed by atoms with Gasteiger partial charge in [-0.25, -0.2) is 9.97 Å². The molecule has 2 aromatic rings. The van der Waals surface area contributed by atoms with E-state index in [0.717, 1.165) is 28.2 Å². The molecule has 0 unspecified atom stereocenters. The summed E-state index contributed by atoms with van der Waals surface area (Å²) in [6.45, 7) is 4.18. The van der Waals surface area contributed by atoms with Crippen LogP contribution in [0.5, 0.6) is 0 Å². The summed E-state index contributed by atoms with van der Waals surface area (Å²) in [5, 5.41) is 4.03. The number of thioether (sulfide) groups is 1. The average Bonchev–Trinajstić information content (AvgIpc) is 2.55. The molecule has 0 radical (unpaired) electrons. The second kappa shape index (κ2) is 7.30. The third kappa shape index (κ3) is 4.02. The molecule has 23 heavy (non-hydrogen) atoms.